The van der Waals surface area contributed by atoms with Gasteiger partial charge in [0.05, 0.1) is 16.5 Å². The predicted octanol–water partition coefficient (Wildman–Crippen LogP) is 5.98. The number of alkyl halides is 5. The zero-order chi connectivity index (χ0) is 17.5. The summed E-state index contributed by atoms with van der Waals surface area (Å²) in [6.45, 7) is 0. The van der Waals surface area contributed by atoms with Crippen molar-refractivity contribution in [3.8, 4) is 0 Å². The number of hydrogen-bond acceptors (Lipinski definition) is 2. The van der Waals surface area contributed by atoms with E-state index in [1.165, 1.54) is 0 Å². The van der Waals surface area contributed by atoms with Crippen molar-refractivity contribution in [3.63, 3.8) is 0 Å². The number of benzene rings is 2. The Morgan fingerprint density at radius 3 is 2.13 bits per heavy atom. The van der Waals surface area contributed by atoms with E-state index in [1.54, 1.807) is 30.3 Å². The lowest BCUT2D eigenvalue weighted by molar-refractivity contribution is -0.137. The predicted molar refractivity (Wildman–Crippen MR) is 85.5 cm³/mol. The standard InChI is InChI=1S/C14H9F3O2S.CH2Cl2/c15-14(16,17)9-6-7-11(13(18)19)12(8-9)20-10-4-2-1-3-5-10;2-1-3/h1-8H,(H,18,19);1H2. The quantitative estimate of drug-likeness (QED) is 0.663. The van der Waals surface area contributed by atoms with E-state index in [0.29, 0.717) is 4.90 Å². The van der Waals surface area contributed by atoms with Gasteiger partial charge >= 0.3 is 12.1 Å². The van der Waals surface area contributed by atoms with Gasteiger partial charge in [0, 0.05) is 9.79 Å². The zero-order valence-electron chi connectivity index (χ0n) is 11.5. The molecule has 124 valence electrons. The third kappa shape index (κ3) is 6.33. The van der Waals surface area contributed by atoms with Gasteiger partial charge in [-0.15, -0.1) is 23.2 Å². The van der Waals surface area contributed by atoms with E-state index in [0.717, 1.165) is 30.0 Å². The SMILES string of the molecule is ClCCl.O=C(O)c1ccc(C(F)(F)F)cc1Sc1ccccc1. The number of hydrogen-bond donors (Lipinski definition) is 1. The van der Waals surface area contributed by atoms with Gasteiger partial charge < -0.3 is 5.11 Å². The molecule has 0 saturated carbocycles. The van der Waals surface area contributed by atoms with Crippen LogP contribution in [0.3, 0.4) is 0 Å². The second-order valence-electron chi connectivity index (χ2n) is 4.03. The number of carbonyl (C=O) groups is 1. The minimum Gasteiger partial charge on any atom is -0.478 e. The molecule has 0 radical (unpaired) electrons. The maximum Gasteiger partial charge on any atom is 0.416 e. The lowest BCUT2D eigenvalue weighted by Gasteiger charge is -2.11. The Morgan fingerprint density at radius 2 is 1.65 bits per heavy atom. The second kappa shape index (κ2) is 9.05. The van der Waals surface area contributed by atoms with Crippen molar-refractivity contribution in [2.45, 2.75) is 16.0 Å². The summed E-state index contributed by atoms with van der Waals surface area (Å²) in [4.78, 5) is 11.8. The summed E-state index contributed by atoms with van der Waals surface area (Å²) in [6.07, 6.45) is -4.50. The molecule has 0 bridgehead atoms. The van der Waals surface area contributed by atoms with Crippen molar-refractivity contribution in [3.05, 3.63) is 59.7 Å². The Morgan fingerprint density at radius 1 is 1.09 bits per heavy atom. The third-order valence-electron chi connectivity index (χ3n) is 2.51. The second-order valence-corrected chi connectivity index (χ2v) is 5.95. The minimum atomic E-state index is -4.50. The summed E-state index contributed by atoms with van der Waals surface area (Å²) >= 11 is 10.5. The Hall–Kier alpha value is -1.37. The first-order chi connectivity index (χ1) is 10.8. The Balaban J connectivity index is 0.000000816. The molecule has 0 saturated heterocycles. The molecule has 2 nitrogen and oxygen atoms in total. The molecule has 0 aliphatic heterocycles. The molecule has 0 spiro atoms. The first-order valence-electron chi connectivity index (χ1n) is 6.09. The molecule has 0 unspecified atom stereocenters. The topological polar surface area (TPSA) is 37.3 Å². The van der Waals surface area contributed by atoms with Crippen LogP contribution >= 0.6 is 35.0 Å². The molecular weight excluding hydrogens is 372 g/mol. The highest BCUT2D eigenvalue weighted by molar-refractivity contribution is 7.99. The highest BCUT2D eigenvalue weighted by Gasteiger charge is 2.31. The van der Waals surface area contributed by atoms with Crippen molar-refractivity contribution >= 4 is 40.9 Å². The number of halogens is 5. The van der Waals surface area contributed by atoms with E-state index in [1.807, 2.05) is 0 Å². The van der Waals surface area contributed by atoms with Gasteiger partial charge in [-0.05, 0) is 30.3 Å². The molecule has 2 rings (SSSR count). The normalized spacial score (nSPS) is 10.7. The fourth-order valence-corrected chi connectivity index (χ4v) is 2.57. The summed E-state index contributed by atoms with van der Waals surface area (Å²) in [7, 11) is 0. The van der Waals surface area contributed by atoms with Crippen LogP contribution in [0.15, 0.2) is 58.3 Å². The average molecular weight is 383 g/mol. The number of carboxylic acids is 1. The number of aromatic carboxylic acids is 1. The van der Waals surface area contributed by atoms with E-state index in [-0.39, 0.29) is 15.8 Å². The van der Waals surface area contributed by atoms with E-state index in [9.17, 15) is 18.0 Å². The molecule has 2 aromatic carbocycles. The third-order valence-corrected chi connectivity index (χ3v) is 3.58. The van der Waals surface area contributed by atoms with Gasteiger partial charge in [-0.3, -0.25) is 0 Å². The number of rotatable bonds is 3. The maximum atomic E-state index is 12.7. The van der Waals surface area contributed by atoms with Crippen LogP contribution < -0.4 is 0 Å². The summed E-state index contributed by atoms with van der Waals surface area (Å²) in [5, 5.41) is 9.24. The molecule has 0 aliphatic rings. The largest absolute Gasteiger partial charge is 0.478 e. The smallest absolute Gasteiger partial charge is 0.416 e. The molecule has 0 fully saturated rings. The van der Waals surface area contributed by atoms with Crippen LogP contribution in [-0.2, 0) is 6.18 Å². The van der Waals surface area contributed by atoms with Gasteiger partial charge in [0.15, 0.2) is 0 Å². The van der Waals surface area contributed by atoms with Crippen LogP contribution in [0.5, 0.6) is 0 Å². The summed E-state index contributed by atoms with van der Waals surface area (Å²) in [5.41, 5.74) is -1.01. The monoisotopic (exact) mass is 382 g/mol. The summed E-state index contributed by atoms with van der Waals surface area (Å²) in [5.74, 6) is -1.25. The molecule has 0 heterocycles. The highest BCUT2D eigenvalue weighted by Crippen LogP contribution is 2.36. The summed E-state index contributed by atoms with van der Waals surface area (Å²) in [6, 6.07) is 11.3. The lowest BCUT2D eigenvalue weighted by Crippen LogP contribution is -2.07. The average Bonchev–Trinajstić information content (AvgIpc) is 2.48. The minimum absolute atomic E-state index is 0.0681. The van der Waals surface area contributed by atoms with Gasteiger partial charge in [-0.25, -0.2) is 4.79 Å². The molecule has 0 amide bonds. The molecular formula is C15H11Cl2F3O2S. The van der Waals surface area contributed by atoms with Gasteiger partial charge in [0.2, 0.25) is 0 Å². The van der Waals surface area contributed by atoms with Crippen molar-refractivity contribution in [2.24, 2.45) is 0 Å². The molecule has 23 heavy (non-hydrogen) atoms. The highest BCUT2D eigenvalue weighted by atomic mass is 35.5. The van der Waals surface area contributed by atoms with Crippen LogP contribution in [0, 0.1) is 0 Å². The molecule has 0 atom stereocenters. The van der Waals surface area contributed by atoms with Gasteiger partial charge in [0.25, 0.3) is 0 Å². The Labute approximate surface area is 145 Å². The van der Waals surface area contributed by atoms with Crippen molar-refractivity contribution in [1.29, 1.82) is 0 Å². The van der Waals surface area contributed by atoms with Gasteiger partial charge in [0.1, 0.15) is 0 Å². The van der Waals surface area contributed by atoms with Crippen LogP contribution in [0.2, 0.25) is 0 Å². The summed E-state index contributed by atoms with van der Waals surface area (Å²) < 4.78 is 38.0. The number of carboxylic acid groups (broad SMARTS) is 1. The molecule has 1 N–H and O–H groups in total. The van der Waals surface area contributed by atoms with Crippen LogP contribution in [-0.4, -0.2) is 16.4 Å². The first-order valence-corrected chi connectivity index (χ1v) is 7.97. The Bertz CT molecular complexity index is 649. The Kier molecular flexibility index (Phi) is 7.75. The molecule has 0 aromatic heterocycles. The van der Waals surface area contributed by atoms with Crippen molar-refractivity contribution < 1.29 is 23.1 Å². The maximum absolute atomic E-state index is 12.7. The van der Waals surface area contributed by atoms with Crippen LogP contribution in [0.1, 0.15) is 15.9 Å². The molecule has 2 aromatic rings. The van der Waals surface area contributed by atoms with Crippen molar-refractivity contribution in [2.75, 3.05) is 5.34 Å². The van der Waals surface area contributed by atoms with Gasteiger partial charge in [-0.2, -0.15) is 13.2 Å². The molecule has 8 heteroatoms. The van der Waals surface area contributed by atoms with E-state index >= 15 is 0 Å². The van der Waals surface area contributed by atoms with Gasteiger partial charge in [-0.1, -0.05) is 30.0 Å². The van der Waals surface area contributed by atoms with E-state index in [2.05, 4.69) is 0 Å². The zero-order valence-corrected chi connectivity index (χ0v) is 13.8. The molecule has 0 aliphatic carbocycles. The first kappa shape index (κ1) is 19.7. The van der Waals surface area contributed by atoms with E-state index in [4.69, 9.17) is 28.3 Å². The van der Waals surface area contributed by atoms with Crippen LogP contribution in [0.25, 0.3) is 0 Å². The fourth-order valence-electron chi connectivity index (χ4n) is 1.58. The fraction of sp³-hybridized carbons (Fsp3) is 0.133. The van der Waals surface area contributed by atoms with Crippen molar-refractivity contribution in [1.82, 2.24) is 0 Å². The lowest BCUT2D eigenvalue weighted by atomic mass is 10.1. The van der Waals surface area contributed by atoms with E-state index < -0.39 is 17.7 Å². The van der Waals surface area contributed by atoms with Crippen LogP contribution in [0.4, 0.5) is 13.2 Å².